The van der Waals surface area contributed by atoms with E-state index in [1.165, 1.54) is 23.5 Å². The molecule has 1 fully saturated rings. The number of halogens is 1. The molecule has 1 aromatic carbocycles. The summed E-state index contributed by atoms with van der Waals surface area (Å²) in [5.74, 6) is -2.86. The third-order valence-corrected chi connectivity index (χ3v) is 5.18. The zero-order valence-corrected chi connectivity index (χ0v) is 13.9. The Morgan fingerprint density at radius 1 is 1.25 bits per heavy atom. The first-order valence-corrected chi connectivity index (χ1v) is 8.21. The van der Waals surface area contributed by atoms with Crippen LogP contribution in [0.3, 0.4) is 0 Å². The highest BCUT2D eigenvalue weighted by molar-refractivity contribution is 7.15. The minimum atomic E-state index is -0.964. The fourth-order valence-electron chi connectivity index (χ4n) is 2.92. The molecule has 2 atom stereocenters. The number of carbonyl (C=O) groups excluding carboxylic acids is 1. The van der Waals surface area contributed by atoms with Gasteiger partial charge >= 0.3 is 5.97 Å². The first-order valence-electron chi connectivity index (χ1n) is 7.39. The molecule has 126 valence electrons. The molecular weight excluding hydrogens is 333 g/mol. The predicted molar refractivity (Wildman–Crippen MR) is 86.1 cm³/mol. The Hall–Kier alpha value is -2.35. The second-order valence-corrected chi connectivity index (χ2v) is 7.47. The third-order valence-electron chi connectivity index (χ3n) is 4.34. The molecule has 2 N–H and O–H groups in total. The summed E-state index contributed by atoms with van der Waals surface area (Å²) in [6.45, 7) is 3.52. The maximum Gasteiger partial charge on any atom is 0.307 e. The van der Waals surface area contributed by atoms with Gasteiger partial charge in [-0.15, -0.1) is 10.2 Å². The van der Waals surface area contributed by atoms with E-state index in [1.807, 2.05) is 0 Å². The summed E-state index contributed by atoms with van der Waals surface area (Å²) in [6.07, 6.45) is 0.487. The Bertz CT molecular complexity index is 788. The van der Waals surface area contributed by atoms with Gasteiger partial charge < -0.3 is 10.4 Å². The largest absolute Gasteiger partial charge is 0.481 e. The zero-order valence-electron chi connectivity index (χ0n) is 13.1. The molecule has 0 spiro atoms. The van der Waals surface area contributed by atoms with Gasteiger partial charge in [0.1, 0.15) is 10.8 Å². The van der Waals surface area contributed by atoms with Gasteiger partial charge in [-0.3, -0.25) is 9.59 Å². The molecule has 2 aromatic rings. The van der Waals surface area contributed by atoms with Gasteiger partial charge in [0.15, 0.2) is 0 Å². The number of aliphatic carboxylic acids is 1. The van der Waals surface area contributed by atoms with Crippen molar-refractivity contribution in [1.29, 1.82) is 0 Å². The molecule has 3 rings (SSSR count). The highest BCUT2D eigenvalue weighted by Crippen LogP contribution is 2.58. The number of anilines is 1. The number of carboxylic acid groups (broad SMARTS) is 1. The van der Waals surface area contributed by atoms with Crippen LogP contribution in [0.25, 0.3) is 0 Å². The van der Waals surface area contributed by atoms with Crippen LogP contribution in [0.4, 0.5) is 9.52 Å². The van der Waals surface area contributed by atoms with Gasteiger partial charge in [0.2, 0.25) is 11.0 Å². The van der Waals surface area contributed by atoms with Crippen LogP contribution in [0.1, 0.15) is 24.4 Å². The average Bonchev–Trinajstić information content (AvgIpc) is 2.85. The minimum Gasteiger partial charge on any atom is -0.481 e. The van der Waals surface area contributed by atoms with Gasteiger partial charge in [-0.1, -0.05) is 37.3 Å². The van der Waals surface area contributed by atoms with E-state index in [4.69, 9.17) is 5.11 Å². The van der Waals surface area contributed by atoms with Crippen molar-refractivity contribution < 1.29 is 19.1 Å². The van der Waals surface area contributed by atoms with Crippen molar-refractivity contribution in [1.82, 2.24) is 10.2 Å². The standard InChI is InChI=1S/C16H16FN3O3S/c1-16(2)11(12(16)14(22)23)13(21)18-15-20-19-10(24-15)7-8-3-5-9(17)6-4-8/h3-6,11-12H,7H2,1-2H3,(H,22,23)(H,18,20,21). The van der Waals surface area contributed by atoms with Crippen LogP contribution in [0.5, 0.6) is 0 Å². The SMILES string of the molecule is CC1(C)C(C(=O)O)C1C(=O)Nc1nnc(Cc2ccc(F)cc2)s1. The fraction of sp³-hybridized carbons (Fsp3) is 0.375. The van der Waals surface area contributed by atoms with E-state index in [9.17, 15) is 14.0 Å². The summed E-state index contributed by atoms with van der Waals surface area (Å²) < 4.78 is 12.9. The molecule has 1 aromatic heterocycles. The van der Waals surface area contributed by atoms with E-state index >= 15 is 0 Å². The summed E-state index contributed by atoms with van der Waals surface area (Å²) in [5, 5.41) is 20.7. The Balaban J connectivity index is 1.63. The molecule has 2 unspecified atom stereocenters. The summed E-state index contributed by atoms with van der Waals surface area (Å²) >= 11 is 1.22. The fourth-order valence-corrected chi connectivity index (χ4v) is 3.70. The number of aromatic nitrogens is 2. The normalized spacial score (nSPS) is 21.3. The van der Waals surface area contributed by atoms with Crippen molar-refractivity contribution >= 4 is 28.3 Å². The second-order valence-electron chi connectivity index (χ2n) is 6.41. The van der Waals surface area contributed by atoms with E-state index < -0.39 is 23.2 Å². The zero-order chi connectivity index (χ0) is 17.5. The molecule has 1 saturated carbocycles. The Morgan fingerprint density at radius 2 is 1.92 bits per heavy atom. The molecule has 1 aliphatic carbocycles. The second kappa shape index (κ2) is 5.94. The van der Waals surface area contributed by atoms with Crippen LogP contribution >= 0.6 is 11.3 Å². The summed E-state index contributed by atoms with van der Waals surface area (Å²) in [5.41, 5.74) is 0.331. The highest BCUT2D eigenvalue weighted by atomic mass is 32.1. The Morgan fingerprint density at radius 3 is 2.50 bits per heavy atom. The van der Waals surface area contributed by atoms with Crippen molar-refractivity contribution in [2.45, 2.75) is 20.3 Å². The van der Waals surface area contributed by atoms with Crippen LogP contribution in [-0.4, -0.2) is 27.2 Å². The number of nitrogens with one attached hydrogen (secondary N) is 1. The Kier molecular flexibility index (Phi) is 4.08. The molecule has 0 radical (unpaired) electrons. The van der Waals surface area contributed by atoms with Gasteiger partial charge in [-0.2, -0.15) is 0 Å². The molecule has 0 bridgehead atoms. The number of benzene rings is 1. The molecular formula is C16H16FN3O3S. The maximum absolute atomic E-state index is 12.9. The monoisotopic (exact) mass is 349 g/mol. The first-order chi connectivity index (χ1) is 11.3. The van der Waals surface area contributed by atoms with Gasteiger partial charge in [-0.25, -0.2) is 4.39 Å². The van der Waals surface area contributed by atoms with Crippen molar-refractivity contribution in [2.24, 2.45) is 17.3 Å². The van der Waals surface area contributed by atoms with Crippen molar-refractivity contribution in [3.63, 3.8) is 0 Å². The van der Waals surface area contributed by atoms with E-state index in [1.54, 1.807) is 26.0 Å². The van der Waals surface area contributed by atoms with E-state index in [0.29, 0.717) is 16.6 Å². The predicted octanol–water partition coefficient (Wildman–Crippen LogP) is 2.56. The summed E-state index contributed by atoms with van der Waals surface area (Å²) in [6, 6.07) is 6.08. The number of amides is 1. The molecule has 6 nitrogen and oxygen atoms in total. The summed E-state index contributed by atoms with van der Waals surface area (Å²) in [4.78, 5) is 23.4. The number of carbonyl (C=O) groups is 2. The molecule has 1 heterocycles. The third kappa shape index (κ3) is 3.14. The van der Waals surface area contributed by atoms with Crippen LogP contribution < -0.4 is 5.32 Å². The average molecular weight is 349 g/mol. The molecule has 8 heteroatoms. The van der Waals surface area contributed by atoms with Crippen LogP contribution in [0.15, 0.2) is 24.3 Å². The molecule has 1 aliphatic rings. The lowest BCUT2D eigenvalue weighted by Crippen LogP contribution is -2.17. The highest BCUT2D eigenvalue weighted by Gasteiger charge is 2.66. The van der Waals surface area contributed by atoms with Gasteiger partial charge in [0.05, 0.1) is 11.8 Å². The molecule has 0 saturated heterocycles. The number of nitrogens with zero attached hydrogens (tertiary/aromatic N) is 2. The van der Waals surface area contributed by atoms with Gasteiger partial charge in [-0.05, 0) is 23.1 Å². The quantitative estimate of drug-likeness (QED) is 0.865. The van der Waals surface area contributed by atoms with E-state index in [2.05, 4.69) is 15.5 Å². The number of carboxylic acids is 1. The van der Waals surface area contributed by atoms with Gasteiger partial charge in [0, 0.05) is 6.42 Å². The molecule has 0 aliphatic heterocycles. The van der Waals surface area contributed by atoms with Crippen molar-refractivity contribution in [3.05, 3.63) is 40.7 Å². The van der Waals surface area contributed by atoms with Crippen LogP contribution in [0, 0.1) is 23.1 Å². The van der Waals surface area contributed by atoms with Crippen molar-refractivity contribution in [3.8, 4) is 0 Å². The molecule has 24 heavy (non-hydrogen) atoms. The molecule has 1 amide bonds. The minimum absolute atomic E-state index is 0.302. The lowest BCUT2D eigenvalue weighted by atomic mass is 10.1. The lowest BCUT2D eigenvalue weighted by Gasteiger charge is -2.01. The van der Waals surface area contributed by atoms with E-state index in [-0.39, 0.29) is 11.7 Å². The van der Waals surface area contributed by atoms with Crippen LogP contribution in [0.2, 0.25) is 0 Å². The topological polar surface area (TPSA) is 92.2 Å². The smallest absolute Gasteiger partial charge is 0.307 e. The number of rotatable bonds is 5. The summed E-state index contributed by atoms with van der Waals surface area (Å²) in [7, 11) is 0. The maximum atomic E-state index is 12.9. The number of hydrogen-bond acceptors (Lipinski definition) is 5. The van der Waals surface area contributed by atoms with Gasteiger partial charge in [0.25, 0.3) is 0 Å². The first kappa shape index (κ1) is 16.5. The Labute approximate surface area is 141 Å². The van der Waals surface area contributed by atoms with E-state index in [0.717, 1.165) is 5.56 Å². The van der Waals surface area contributed by atoms with Crippen LogP contribution in [-0.2, 0) is 16.0 Å². The lowest BCUT2D eigenvalue weighted by molar-refractivity contribution is -0.140. The van der Waals surface area contributed by atoms with Crippen molar-refractivity contribution in [2.75, 3.05) is 5.32 Å². The number of hydrogen-bond donors (Lipinski definition) is 2.